The predicted octanol–water partition coefficient (Wildman–Crippen LogP) is 5.72. The van der Waals surface area contributed by atoms with Crippen molar-refractivity contribution in [3.05, 3.63) is 106 Å². The lowest BCUT2D eigenvalue weighted by molar-refractivity contribution is -0.137. The Morgan fingerprint density at radius 3 is 2.27 bits per heavy atom. The number of carbonyl (C=O) groups is 3. The third-order valence-corrected chi connectivity index (χ3v) is 6.74. The van der Waals surface area contributed by atoms with Crippen LogP contribution >= 0.6 is 11.6 Å². The van der Waals surface area contributed by atoms with Crippen molar-refractivity contribution in [1.29, 1.82) is 0 Å². The van der Waals surface area contributed by atoms with Gasteiger partial charge in [-0.1, -0.05) is 48.0 Å². The van der Waals surface area contributed by atoms with Crippen molar-refractivity contribution in [3.63, 3.8) is 0 Å². The number of nitrogens with one attached hydrogen (secondary N) is 3. The van der Waals surface area contributed by atoms with Crippen LogP contribution in [0.5, 0.6) is 0 Å². The summed E-state index contributed by atoms with van der Waals surface area (Å²) in [7, 11) is 0. The van der Waals surface area contributed by atoms with Crippen molar-refractivity contribution in [2.75, 3.05) is 0 Å². The first-order valence-corrected chi connectivity index (χ1v) is 12.5. The van der Waals surface area contributed by atoms with Crippen molar-refractivity contribution in [1.82, 2.24) is 25.7 Å². The van der Waals surface area contributed by atoms with Gasteiger partial charge in [0, 0.05) is 16.1 Å². The fourth-order valence-corrected chi connectivity index (χ4v) is 4.61. The van der Waals surface area contributed by atoms with Crippen LogP contribution < -0.4 is 16.0 Å². The molecule has 4 aromatic rings. The number of hydrogen-bond acceptors (Lipinski definition) is 4. The maximum atomic E-state index is 15.0. The average molecular weight is 586 g/mol. The van der Waals surface area contributed by atoms with Crippen LogP contribution in [-0.4, -0.2) is 27.6 Å². The number of aromatic nitrogens is 2. The second-order valence-electron chi connectivity index (χ2n) is 9.19. The van der Waals surface area contributed by atoms with Crippen LogP contribution in [0.4, 0.5) is 22.4 Å². The number of hydrogen-bond donors (Lipinski definition) is 3. The van der Waals surface area contributed by atoms with Gasteiger partial charge in [0.25, 0.3) is 11.8 Å². The summed E-state index contributed by atoms with van der Waals surface area (Å²) in [5.41, 5.74) is -0.299. The topological polar surface area (TPSA) is 105 Å². The van der Waals surface area contributed by atoms with Gasteiger partial charge >= 0.3 is 12.2 Å². The SMILES string of the molecule is C[C@@H](NC(=O)c1nn(-c2ccccc2F)c(-c2ccc(Cl)cc2)c1C1NC(=O)NC1=O)c1ccc(C(F)(F)F)cc1. The molecule has 0 saturated carbocycles. The number of urea groups is 1. The van der Waals surface area contributed by atoms with E-state index in [2.05, 4.69) is 21.0 Å². The van der Waals surface area contributed by atoms with Crippen molar-refractivity contribution in [3.8, 4) is 16.9 Å². The van der Waals surface area contributed by atoms with E-state index in [0.29, 0.717) is 16.1 Å². The molecule has 41 heavy (non-hydrogen) atoms. The Bertz CT molecular complexity index is 1650. The van der Waals surface area contributed by atoms with E-state index in [4.69, 9.17) is 11.6 Å². The van der Waals surface area contributed by atoms with E-state index in [1.807, 2.05) is 0 Å². The summed E-state index contributed by atoms with van der Waals surface area (Å²) in [4.78, 5) is 38.6. The fraction of sp³-hybridized carbons (Fsp3) is 0.143. The van der Waals surface area contributed by atoms with Gasteiger partial charge in [0.15, 0.2) is 5.69 Å². The largest absolute Gasteiger partial charge is 0.416 e. The normalized spacial score (nSPS) is 15.8. The number of amides is 4. The first-order chi connectivity index (χ1) is 19.4. The molecule has 3 N–H and O–H groups in total. The first kappa shape index (κ1) is 27.8. The maximum Gasteiger partial charge on any atom is 0.416 e. The molecule has 1 aromatic heterocycles. The van der Waals surface area contributed by atoms with Gasteiger partial charge in [0.2, 0.25) is 0 Å². The van der Waals surface area contributed by atoms with E-state index in [-0.39, 0.29) is 22.6 Å². The van der Waals surface area contributed by atoms with Crippen molar-refractivity contribution in [2.45, 2.75) is 25.2 Å². The number of benzene rings is 3. The van der Waals surface area contributed by atoms with E-state index in [1.165, 1.54) is 30.3 Å². The molecule has 8 nitrogen and oxygen atoms in total. The Labute approximate surface area is 235 Å². The highest BCUT2D eigenvalue weighted by molar-refractivity contribution is 6.30. The molecule has 2 heterocycles. The minimum Gasteiger partial charge on any atom is -0.344 e. The van der Waals surface area contributed by atoms with Gasteiger partial charge in [-0.3, -0.25) is 14.9 Å². The Morgan fingerprint density at radius 1 is 1.02 bits per heavy atom. The van der Waals surface area contributed by atoms with Crippen molar-refractivity contribution >= 4 is 29.4 Å². The van der Waals surface area contributed by atoms with E-state index < -0.39 is 47.5 Å². The Kier molecular flexibility index (Phi) is 7.26. The summed E-state index contributed by atoms with van der Waals surface area (Å²) in [6, 6.07) is 13.2. The molecular formula is C28H20ClF4N5O3. The minimum absolute atomic E-state index is 0.0176. The van der Waals surface area contributed by atoms with Crippen LogP contribution in [0.1, 0.15) is 46.2 Å². The molecule has 1 saturated heterocycles. The molecule has 5 rings (SSSR count). The van der Waals surface area contributed by atoms with Crippen LogP contribution in [0.15, 0.2) is 72.8 Å². The molecular weight excluding hydrogens is 566 g/mol. The lowest BCUT2D eigenvalue weighted by Crippen LogP contribution is -2.30. The van der Waals surface area contributed by atoms with Gasteiger partial charge < -0.3 is 10.6 Å². The summed E-state index contributed by atoms with van der Waals surface area (Å²) >= 11 is 6.07. The number of carbonyl (C=O) groups excluding carboxylic acids is 3. The highest BCUT2D eigenvalue weighted by Gasteiger charge is 2.40. The lowest BCUT2D eigenvalue weighted by atomic mass is 9.98. The molecule has 1 aliphatic heterocycles. The quantitative estimate of drug-likeness (QED) is 0.199. The monoisotopic (exact) mass is 585 g/mol. The molecule has 0 spiro atoms. The zero-order valence-corrected chi connectivity index (χ0v) is 21.8. The standard InChI is InChI=1S/C28H20ClF4N5O3/c1-14(15-6-10-17(11-7-15)28(31,32)33)34-26(40)23-21(22-25(39)36-27(41)35-22)24(16-8-12-18(29)13-9-16)38(37-23)20-5-3-2-4-19(20)30/h2-14,22H,1H3,(H,34,40)(H2,35,36,39,41)/t14-,22?/m1/s1. The molecule has 0 radical (unpaired) electrons. The van der Waals surface area contributed by atoms with Gasteiger partial charge in [-0.15, -0.1) is 0 Å². The average Bonchev–Trinajstić information content (AvgIpc) is 3.48. The molecule has 2 atom stereocenters. The van der Waals surface area contributed by atoms with Gasteiger partial charge in [0.1, 0.15) is 17.5 Å². The van der Waals surface area contributed by atoms with Gasteiger partial charge in [-0.25, -0.2) is 13.9 Å². The molecule has 3 aromatic carbocycles. The summed E-state index contributed by atoms with van der Waals surface area (Å²) in [5, 5.41) is 12.0. The van der Waals surface area contributed by atoms with Gasteiger partial charge in [-0.05, 0) is 48.9 Å². The van der Waals surface area contributed by atoms with Gasteiger partial charge in [-0.2, -0.15) is 18.3 Å². The van der Waals surface area contributed by atoms with Crippen LogP contribution in [0.25, 0.3) is 16.9 Å². The van der Waals surface area contributed by atoms with Gasteiger partial charge in [0.05, 0.1) is 17.3 Å². The molecule has 1 unspecified atom stereocenters. The second-order valence-corrected chi connectivity index (χ2v) is 9.63. The third kappa shape index (κ3) is 5.50. The third-order valence-electron chi connectivity index (χ3n) is 6.48. The van der Waals surface area contributed by atoms with Crippen molar-refractivity contribution in [2.24, 2.45) is 0 Å². The maximum absolute atomic E-state index is 15.0. The van der Waals surface area contributed by atoms with Crippen LogP contribution in [0.2, 0.25) is 5.02 Å². The summed E-state index contributed by atoms with van der Waals surface area (Å²) in [5.74, 6) is -2.25. The Morgan fingerprint density at radius 2 is 1.68 bits per heavy atom. The summed E-state index contributed by atoms with van der Waals surface area (Å²) in [6.07, 6.45) is -4.52. The molecule has 0 bridgehead atoms. The van der Waals surface area contributed by atoms with E-state index in [1.54, 1.807) is 37.3 Å². The summed E-state index contributed by atoms with van der Waals surface area (Å²) < 4.78 is 55.2. The highest BCUT2D eigenvalue weighted by Crippen LogP contribution is 2.36. The Balaban J connectivity index is 1.64. The number of para-hydroxylation sites is 1. The second kappa shape index (κ2) is 10.7. The smallest absolute Gasteiger partial charge is 0.344 e. The number of rotatable bonds is 6. The Hall–Kier alpha value is -4.71. The van der Waals surface area contributed by atoms with E-state index in [0.717, 1.165) is 16.8 Å². The number of halogens is 5. The molecule has 1 aliphatic rings. The van der Waals surface area contributed by atoms with E-state index >= 15 is 4.39 Å². The number of alkyl halides is 3. The zero-order chi connectivity index (χ0) is 29.5. The number of imide groups is 1. The zero-order valence-electron chi connectivity index (χ0n) is 21.1. The first-order valence-electron chi connectivity index (χ1n) is 12.2. The minimum atomic E-state index is -4.52. The fourth-order valence-electron chi connectivity index (χ4n) is 4.48. The molecule has 0 aliphatic carbocycles. The van der Waals surface area contributed by atoms with Crippen LogP contribution in [0.3, 0.4) is 0 Å². The molecule has 13 heteroatoms. The number of nitrogens with zero attached hydrogens (tertiary/aromatic N) is 2. The van der Waals surface area contributed by atoms with Crippen LogP contribution in [-0.2, 0) is 11.0 Å². The molecule has 4 amide bonds. The van der Waals surface area contributed by atoms with E-state index in [9.17, 15) is 27.6 Å². The lowest BCUT2D eigenvalue weighted by Gasteiger charge is -2.16. The van der Waals surface area contributed by atoms with Crippen LogP contribution in [0, 0.1) is 5.82 Å². The molecule has 210 valence electrons. The molecule has 1 fully saturated rings. The predicted molar refractivity (Wildman–Crippen MR) is 141 cm³/mol. The summed E-state index contributed by atoms with van der Waals surface area (Å²) in [6.45, 7) is 1.55. The van der Waals surface area contributed by atoms with Crippen molar-refractivity contribution < 1.29 is 31.9 Å². The highest BCUT2D eigenvalue weighted by atomic mass is 35.5.